The summed E-state index contributed by atoms with van der Waals surface area (Å²) in [4.78, 5) is 0. The molecule has 0 saturated carbocycles. The number of nitrogen functional groups attached to an aromatic ring is 1. The molecule has 0 unspecified atom stereocenters. The number of hydrogen-bond donors (Lipinski definition) is 1. The summed E-state index contributed by atoms with van der Waals surface area (Å²) in [5.74, 6) is 1.52. The van der Waals surface area contributed by atoms with E-state index in [4.69, 9.17) is 10.5 Å². The number of nitrogens with two attached hydrogens (primary N) is 1. The summed E-state index contributed by atoms with van der Waals surface area (Å²) in [6.07, 6.45) is 3.60. The maximum atomic E-state index is 5.75. The standard InChI is InChI=1S/C13H17N3O/c1-9(2)16-8-12(7-15-16)17-11-4-5-13(14)10(3)6-11/h4-9H,14H2,1-3H3. The van der Waals surface area contributed by atoms with Gasteiger partial charge in [0.15, 0.2) is 5.75 Å². The molecule has 0 saturated heterocycles. The van der Waals surface area contributed by atoms with Crippen molar-refractivity contribution in [3.8, 4) is 11.5 Å². The molecule has 2 N–H and O–H groups in total. The number of rotatable bonds is 3. The van der Waals surface area contributed by atoms with Gasteiger partial charge in [0.1, 0.15) is 5.75 Å². The molecule has 2 aromatic rings. The van der Waals surface area contributed by atoms with Crippen molar-refractivity contribution in [2.75, 3.05) is 5.73 Å². The molecule has 0 radical (unpaired) electrons. The molecule has 0 fully saturated rings. The van der Waals surface area contributed by atoms with Gasteiger partial charge >= 0.3 is 0 Å². The van der Waals surface area contributed by atoms with Gasteiger partial charge < -0.3 is 10.5 Å². The van der Waals surface area contributed by atoms with Gasteiger partial charge in [-0.25, -0.2) is 0 Å². The molecule has 0 aliphatic rings. The molecule has 0 aliphatic carbocycles. The second-order valence-corrected chi connectivity index (χ2v) is 4.37. The quantitative estimate of drug-likeness (QED) is 0.825. The van der Waals surface area contributed by atoms with E-state index in [0.29, 0.717) is 6.04 Å². The fourth-order valence-corrected chi connectivity index (χ4v) is 1.50. The third-order valence-corrected chi connectivity index (χ3v) is 2.58. The minimum Gasteiger partial charge on any atom is -0.454 e. The lowest BCUT2D eigenvalue weighted by atomic mass is 10.2. The van der Waals surface area contributed by atoms with E-state index >= 15 is 0 Å². The van der Waals surface area contributed by atoms with Crippen molar-refractivity contribution in [2.24, 2.45) is 0 Å². The lowest BCUT2D eigenvalue weighted by Crippen LogP contribution is -1.99. The van der Waals surface area contributed by atoms with E-state index in [1.54, 1.807) is 6.20 Å². The van der Waals surface area contributed by atoms with Crippen molar-refractivity contribution in [3.05, 3.63) is 36.2 Å². The Kier molecular flexibility index (Phi) is 3.04. The first-order valence-corrected chi connectivity index (χ1v) is 5.64. The molecule has 0 amide bonds. The van der Waals surface area contributed by atoms with Crippen LogP contribution in [0.3, 0.4) is 0 Å². The number of aryl methyl sites for hydroxylation is 1. The SMILES string of the molecule is Cc1cc(Oc2cnn(C(C)C)c2)ccc1N. The normalized spacial score (nSPS) is 10.8. The summed E-state index contributed by atoms with van der Waals surface area (Å²) < 4.78 is 7.57. The van der Waals surface area contributed by atoms with Crippen LogP contribution in [0.2, 0.25) is 0 Å². The van der Waals surface area contributed by atoms with Crippen molar-refractivity contribution >= 4 is 5.69 Å². The molecule has 1 aromatic heterocycles. The lowest BCUT2D eigenvalue weighted by molar-refractivity contribution is 0.477. The highest BCUT2D eigenvalue weighted by molar-refractivity contribution is 5.50. The smallest absolute Gasteiger partial charge is 0.165 e. The van der Waals surface area contributed by atoms with Crippen LogP contribution in [0.4, 0.5) is 5.69 Å². The Hall–Kier alpha value is -1.97. The molecule has 0 spiro atoms. The molecule has 4 heteroatoms. The first kappa shape index (κ1) is 11.5. The molecule has 1 heterocycles. The zero-order chi connectivity index (χ0) is 12.4. The minimum atomic E-state index is 0.334. The fourth-order valence-electron chi connectivity index (χ4n) is 1.50. The average Bonchev–Trinajstić information content (AvgIpc) is 2.72. The molecule has 0 aliphatic heterocycles. The second kappa shape index (κ2) is 4.49. The third kappa shape index (κ3) is 2.58. The Labute approximate surface area is 101 Å². The van der Waals surface area contributed by atoms with Gasteiger partial charge in [0.2, 0.25) is 0 Å². The summed E-state index contributed by atoms with van der Waals surface area (Å²) in [7, 11) is 0. The number of benzene rings is 1. The van der Waals surface area contributed by atoms with Crippen LogP contribution in [-0.2, 0) is 0 Å². The third-order valence-electron chi connectivity index (χ3n) is 2.58. The molecule has 4 nitrogen and oxygen atoms in total. The maximum absolute atomic E-state index is 5.75. The molecular formula is C13H17N3O. The van der Waals surface area contributed by atoms with E-state index in [1.807, 2.05) is 36.0 Å². The van der Waals surface area contributed by atoms with E-state index in [-0.39, 0.29) is 0 Å². The monoisotopic (exact) mass is 231 g/mol. The van der Waals surface area contributed by atoms with E-state index in [0.717, 1.165) is 22.7 Å². The summed E-state index contributed by atoms with van der Waals surface area (Å²) in [6, 6.07) is 5.95. The topological polar surface area (TPSA) is 53.1 Å². The highest BCUT2D eigenvalue weighted by Gasteiger charge is 2.04. The molecule has 90 valence electrons. The van der Waals surface area contributed by atoms with Gasteiger partial charge in [0.25, 0.3) is 0 Å². The molecule has 2 rings (SSSR count). The predicted molar refractivity (Wildman–Crippen MR) is 68.3 cm³/mol. The number of ether oxygens (including phenoxy) is 1. The Morgan fingerprint density at radius 3 is 2.65 bits per heavy atom. The number of anilines is 1. The van der Waals surface area contributed by atoms with Crippen LogP contribution in [0, 0.1) is 6.92 Å². The van der Waals surface area contributed by atoms with Crippen LogP contribution in [0.15, 0.2) is 30.6 Å². The van der Waals surface area contributed by atoms with Crippen LogP contribution in [0.25, 0.3) is 0 Å². The van der Waals surface area contributed by atoms with Gasteiger partial charge in [-0.05, 0) is 44.5 Å². The number of aromatic nitrogens is 2. The van der Waals surface area contributed by atoms with Gasteiger partial charge in [0.05, 0.1) is 12.4 Å². The Morgan fingerprint density at radius 2 is 2.06 bits per heavy atom. The van der Waals surface area contributed by atoms with Gasteiger partial charge in [0, 0.05) is 11.7 Å². The van der Waals surface area contributed by atoms with Crippen LogP contribution in [0.5, 0.6) is 11.5 Å². The summed E-state index contributed by atoms with van der Waals surface area (Å²) in [5.41, 5.74) is 7.54. The minimum absolute atomic E-state index is 0.334. The summed E-state index contributed by atoms with van der Waals surface area (Å²) in [6.45, 7) is 6.11. The van der Waals surface area contributed by atoms with Gasteiger partial charge in [-0.15, -0.1) is 0 Å². The van der Waals surface area contributed by atoms with Crippen LogP contribution in [0.1, 0.15) is 25.5 Å². The number of hydrogen-bond acceptors (Lipinski definition) is 3. The van der Waals surface area contributed by atoms with Gasteiger partial charge in [-0.3, -0.25) is 4.68 Å². The Bertz CT molecular complexity index is 517. The highest BCUT2D eigenvalue weighted by Crippen LogP contribution is 2.24. The van der Waals surface area contributed by atoms with E-state index in [9.17, 15) is 0 Å². The zero-order valence-corrected chi connectivity index (χ0v) is 10.3. The first-order valence-electron chi connectivity index (χ1n) is 5.64. The molecule has 17 heavy (non-hydrogen) atoms. The van der Waals surface area contributed by atoms with Crippen molar-refractivity contribution in [3.63, 3.8) is 0 Å². The van der Waals surface area contributed by atoms with Gasteiger partial charge in [-0.1, -0.05) is 0 Å². The van der Waals surface area contributed by atoms with Gasteiger partial charge in [-0.2, -0.15) is 5.10 Å². The average molecular weight is 231 g/mol. The van der Waals surface area contributed by atoms with Crippen LogP contribution < -0.4 is 10.5 Å². The highest BCUT2D eigenvalue weighted by atomic mass is 16.5. The first-order chi connectivity index (χ1) is 8.06. The molecule has 0 atom stereocenters. The maximum Gasteiger partial charge on any atom is 0.165 e. The van der Waals surface area contributed by atoms with Crippen LogP contribution >= 0.6 is 0 Å². The molecule has 0 bridgehead atoms. The van der Waals surface area contributed by atoms with Crippen molar-refractivity contribution in [1.82, 2.24) is 9.78 Å². The predicted octanol–water partition coefficient (Wildman–Crippen LogP) is 3.15. The van der Waals surface area contributed by atoms with Crippen molar-refractivity contribution in [2.45, 2.75) is 26.8 Å². The van der Waals surface area contributed by atoms with E-state index in [2.05, 4.69) is 18.9 Å². The second-order valence-electron chi connectivity index (χ2n) is 4.37. The fraction of sp³-hybridized carbons (Fsp3) is 0.308. The lowest BCUT2D eigenvalue weighted by Gasteiger charge is -2.06. The van der Waals surface area contributed by atoms with Crippen molar-refractivity contribution in [1.29, 1.82) is 0 Å². The summed E-state index contributed by atoms with van der Waals surface area (Å²) in [5, 5.41) is 4.22. The van der Waals surface area contributed by atoms with Crippen molar-refractivity contribution < 1.29 is 4.74 Å². The summed E-state index contributed by atoms with van der Waals surface area (Å²) >= 11 is 0. The van der Waals surface area contributed by atoms with E-state index < -0.39 is 0 Å². The largest absolute Gasteiger partial charge is 0.454 e. The Balaban J connectivity index is 2.16. The number of nitrogens with zero attached hydrogens (tertiary/aromatic N) is 2. The molecular weight excluding hydrogens is 214 g/mol. The Morgan fingerprint density at radius 1 is 1.29 bits per heavy atom. The van der Waals surface area contributed by atoms with Crippen LogP contribution in [-0.4, -0.2) is 9.78 Å². The zero-order valence-electron chi connectivity index (χ0n) is 10.3. The van der Waals surface area contributed by atoms with E-state index in [1.165, 1.54) is 0 Å². The molecule has 1 aromatic carbocycles.